The quantitative estimate of drug-likeness (QED) is 0.0252. The predicted octanol–water partition coefficient (Wildman–Crippen LogP) is 9.11. The van der Waals surface area contributed by atoms with E-state index in [4.69, 9.17) is 0 Å². The molecule has 0 aromatic rings. The Morgan fingerprint density at radius 3 is 0.521 bits per heavy atom. The summed E-state index contributed by atoms with van der Waals surface area (Å²) in [5.74, 6) is -4.59. The van der Waals surface area contributed by atoms with Crippen LogP contribution in [-0.2, 0) is 49.7 Å². The molecule has 16 nitrogen and oxygen atoms in total. The Hall–Kier alpha value is 0.151. The first-order valence-electron chi connectivity index (χ1n) is 28.7. The molecule has 0 spiro atoms. The number of aliphatic carboxylic acids is 2. The fourth-order valence-electron chi connectivity index (χ4n) is 8.31. The SMILES string of the molecule is CCCCCCCCCCCCS(=O)(=O)NC(NS(=O)(=O)CCCCCCCCCCCC)C(=O)[O-].CCCCCCCCCCCCS(=O)(=O)NC(NS(=O)(=O)CCCCCCCCCCCC)C(=O)[O-].[Ba+2]. The molecular weight excluding hydrogens is 1140 g/mol. The molecule has 0 saturated heterocycles. The van der Waals surface area contributed by atoms with Crippen molar-refractivity contribution in [2.45, 2.75) is 297 Å². The first-order chi connectivity index (χ1) is 34.3. The van der Waals surface area contributed by atoms with E-state index in [-0.39, 0.29) is 71.9 Å². The van der Waals surface area contributed by atoms with Crippen molar-refractivity contribution in [2.24, 2.45) is 0 Å². The Kier molecular flexibility index (Phi) is 54.7. The number of carbonyl (C=O) groups excluding carboxylic acids is 2. The van der Waals surface area contributed by atoms with Gasteiger partial charge in [0.15, 0.2) is 0 Å². The van der Waals surface area contributed by atoms with Crippen LogP contribution in [0.15, 0.2) is 0 Å². The monoisotopic (exact) mass is 1240 g/mol. The summed E-state index contributed by atoms with van der Waals surface area (Å²) in [6.07, 6.45) is 37.9. The van der Waals surface area contributed by atoms with Crippen LogP contribution in [-0.4, -0.2) is 130 Å². The summed E-state index contributed by atoms with van der Waals surface area (Å²) in [6.45, 7) is 8.75. The second kappa shape index (κ2) is 51.6. The van der Waals surface area contributed by atoms with Crippen LogP contribution in [0.4, 0.5) is 0 Å². The molecule has 0 saturated carbocycles. The van der Waals surface area contributed by atoms with Crippen molar-refractivity contribution in [2.75, 3.05) is 23.0 Å². The Labute approximate surface area is 488 Å². The second-order valence-corrected chi connectivity index (χ2v) is 27.5. The molecule has 73 heavy (non-hydrogen) atoms. The summed E-state index contributed by atoms with van der Waals surface area (Å²) >= 11 is 0. The van der Waals surface area contributed by atoms with Gasteiger partial charge in [0, 0.05) is 0 Å². The van der Waals surface area contributed by atoms with E-state index in [1.165, 1.54) is 128 Å². The molecule has 0 heterocycles. The van der Waals surface area contributed by atoms with Crippen LogP contribution in [0.5, 0.6) is 0 Å². The molecule has 0 rings (SSSR count). The maximum atomic E-state index is 12.3. The van der Waals surface area contributed by atoms with Gasteiger partial charge >= 0.3 is 48.9 Å². The van der Waals surface area contributed by atoms with Gasteiger partial charge in [0.05, 0.1) is 35.0 Å². The van der Waals surface area contributed by atoms with Crippen molar-refractivity contribution in [3.63, 3.8) is 0 Å². The first-order valence-corrected chi connectivity index (χ1v) is 35.3. The van der Waals surface area contributed by atoms with Gasteiger partial charge < -0.3 is 19.8 Å². The van der Waals surface area contributed by atoms with Gasteiger partial charge in [-0.15, -0.1) is 0 Å². The normalized spacial score (nSPS) is 12.2. The van der Waals surface area contributed by atoms with Gasteiger partial charge in [0.1, 0.15) is 12.3 Å². The fourth-order valence-corrected chi connectivity index (χ4v) is 13.3. The molecule has 0 atom stereocenters. The summed E-state index contributed by atoms with van der Waals surface area (Å²) in [5.41, 5.74) is 0. The molecule has 0 fully saturated rings. The molecule has 0 amide bonds. The zero-order valence-electron chi connectivity index (χ0n) is 46.5. The molecule has 0 aromatic carbocycles. The number of carboxylic acid groups (broad SMARTS) is 2. The van der Waals surface area contributed by atoms with Gasteiger partial charge in [0.2, 0.25) is 40.1 Å². The molecular formula is C52H106BaN4O12S4. The minimum absolute atomic E-state index is 0. The summed E-state index contributed by atoms with van der Waals surface area (Å²) in [7, 11) is -15.8. The predicted molar refractivity (Wildman–Crippen MR) is 298 cm³/mol. The van der Waals surface area contributed by atoms with Crippen molar-refractivity contribution >= 4 is 101 Å². The van der Waals surface area contributed by atoms with Gasteiger partial charge in [0.25, 0.3) is 0 Å². The van der Waals surface area contributed by atoms with Crippen molar-refractivity contribution < 1.29 is 53.5 Å². The van der Waals surface area contributed by atoms with E-state index in [1.807, 2.05) is 18.9 Å². The average Bonchev–Trinajstić information content (AvgIpc) is 3.30. The minimum atomic E-state index is -3.95. The number of sulfonamides is 4. The summed E-state index contributed by atoms with van der Waals surface area (Å²) in [4.78, 5) is 22.7. The van der Waals surface area contributed by atoms with E-state index >= 15 is 0 Å². The molecule has 0 aliphatic rings. The van der Waals surface area contributed by atoms with Crippen LogP contribution in [0, 0.1) is 0 Å². The maximum absolute atomic E-state index is 12.3. The van der Waals surface area contributed by atoms with Crippen LogP contribution in [0.25, 0.3) is 0 Å². The first kappa shape index (κ1) is 77.4. The topological polar surface area (TPSA) is 265 Å². The van der Waals surface area contributed by atoms with E-state index in [9.17, 15) is 53.5 Å². The molecule has 0 aromatic heterocycles. The number of hydrogen-bond donors (Lipinski definition) is 4. The summed E-state index contributed by atoms with van der Waals surface area (Å²) < 4.78 is 106. The van der Waals surface area contributed by atoms with Gasteiger partial charge in [-0.3, -0.25) is 0 Å². The van der Waals surface area contributed by atoms with Gasteiger partial charge in [-0.1, -0.05) is 259 Å². The van der Waals surface area contributed by atoms with Gasteiger partial charge in [-0.2, -0.15) is 18.9 Å². The van der Waals surface area contributed by atoms with E-state index < -0.39 is 64.4 Å². The summed E-state index contributed by atoms with van der Waals surface area (Å²) in [5, 5.41) is 22.7. The molecule has 0 bridgehead atoms. The Morgan fingerprint density at radius 1 is 0.274 bits per heavy atom. The third-order valence-corrected chi connectivity index (χ3v) is 18.4. The van der Waals surface area contributed by atoms with Crippen LogP contribution in [0.3, 0.4) is 0 Å². The largest absolute Gasteiger partial charge is 2.00 e. The molecule has 0 radical (unpaired) electrons. The molecule has 0 aliphatic heterocycles. The van der Waals surface area contributed by atoms with E-state index in [0.29, 0.717) is 25.7 Å². The van der Waals surface area contributed by atoms with E-state index in [2.05, 4.69) is 27.7 Å². The van der Waals surface area contributed by atoms with Crippen molar-refractivity contribution in [3.05, 3.63) is 0 Å². The fraction of sp³-hybridized carbons (Fsp3) is 0.962. The van der Waals surface area contributed by atoms with Crippen LogP contribution < -0.4 is 29.1 Å². The zero-order chi connectivity index (χ0) is 54.3. The standard InChI is InChI=1S/2C26H54N2O6S2.Ba/c2*1-3-5-7-9-11-13-15-17-19-21-23-35(31,32)27-25(26(29)30)28-36(33,34)24-22-20-18-16-14-12-10-8-6-4-2;/h2*25,27-28H,3-24H2,1-2H3,(H,29,30);/q;;+2/p-2. The molecule has 4 N–H and O–H groups in total. The third-order valence-electron chi connectivity index (χ3n) is 12.7. The number of hydrogen-bond acceptors (Lipinski definition) is 12. The van der Waals surface area contributed by atoms with E-state index in [1.54, 1.807) is 0 Å². The molecule has 0 aliphatic carbocycles. The molecule has 432 valence electrons. The minimum Gasteiger partial charge on any atom is -0.547 e. The van der Waals surface area contributed by atoms with Gasteiger partial charge in [-0.25, -0.2) is 33.7 Å². The number of unbranched alkanes of at least 4 members (excludes halogenated alkanes) is 36. The maximum Gasteiger partial charge on any atom is 2.00 e. The number of carboxylic acids is 2. The van der Waals surface area contributed by atoms with E-state index in [0.717, 1.165) is 103 Å². The Balaban J connectivity index is -0.00000132. The second-order valence-electron chi connectivity index (χ2n) is 20.0. The van der Waals surface area contributed by atoms with Crippen molar-refractivity contribution in [1.29, 1.82) is 0 Å². The molecule has 21 heteroatoms. The number of carbonyl (C=O) groups is 2. The number of rotatable bonds is 54. The third kappa shape index (κ3) is 55.3. The van der Waals surface area contributed by atoms with Crippen LogP contribution >= 0.6 is 0 Å². The molecule has 0 unspecified atom stereocenters. The van der Waals surface area contributed by atoms with Crippen molar-refractivity contribution in [3.8, 4) is 0 Å². The Morgan fingerprint density at radius 2 is 0.397 bits per heavy atom. The average molecular weight is 1250 g/mol. The van der Waals surface area contributed by atoms with Gasteiger partial charge in [-0.05, 0) is 25.7 Å². The summed E-state index contributed by atoms with van der Waals surface area (Å²) in [6, 6.07) is 0. The zero-order valence-corrected chi connectivity index (χ0v) is 54.2. The Bertz CT molecular complexity index is 1500. The van der Waals surface area contributed by atoms with Crippen molar-refractivity contribution in [1.82, 2.24) is 18.9 Å². The van der Waals surface area contributed by atoms with Crippen LogP contribution in [0.1, 0.15) is 285 Å². The smallest absolute Gasteiger partial charge is 0.547 e. The number of nitrogens with one attached hydrogen (secondary N) is 4. The van der Waals surface area contributed by atoms with Crippen LogP contribution in [0.2, 0.25) is 0 Å².